The number of rotatable bonds is 7. The SMILES string of the molecule is COc1ccc(/C(O)=C2/C(=O)C(=O)N(Cc3ccncc3)C2c2cccc(Oc3ccccc3)c2)cc1. The van der Waals surface area contributed by atoms with Crippen molar-refractivity contribution in [1.29, 1.82) is 0 Å². The number of ketones is 1. The molecule has 0 saturated carbocycles. The summed E-state index contributed by atoms with van der Waals surface area (Å²) >= 11 is 0. The van der Waals surface area contributed by atoms with Gasteiger partial charge in [-0.1, -0.05) is 30.3 Å². The fourth-order valence-corrected chi connectivity index (χ4v) is 4.35. The monoisotopic (exact) mass is 492 g/mol. The van der Waals surface area contributed by atoms with E-state index in [1.807, 2.05) is 36.4 Å². The van der Waals surface area contributed by atoms with Crippen LogP contribution in [0.4, 0.5) is 0 Å². The highest BCUT2D eigenvalue weighted by Gasteiger charge is 2.46. The van der Waals surface area contributed by atoms with E-state index in [1.165, 1.54) is 4.90 Å². The van der Waals surface area contributed by atoms with Gasteiger partial charge in [-0.25, -0.2) is 0 Å². The van der Waals surface area contributed by atoms with Crippen molar-refractivity contribution in [1.82, 2.24) is 9.88 Å². The van der Waals surface area contributed by atoms with Crippen molar-refractivity contribution in [2.75, 3.05) is 7.11 Å². The maximum atomic E-state index is 13.3. The number of methoxy groups -OCH3 is 1. The van der Waals surface area contributed by atoms with Gasteiger partial charge in [-0.15, -0.1) is 0 Å². The summed E-state index contributed by atoms with van der Waals surface area (Å²) in [5, 5.41) is 11.3. The van der Waals surface area contributed by atoms with Crippen molar-refractivity contribution in [3.63, 3.8) is 0 Å². The van der Waals surface area contributed by atoms with E-state index in [4.69, 9.17) is 9.47 Å². The number of aliphatic hydroxyl groups excluding tert-OH is 1. The summed E-state index contributed by atoms with van der Waals surface area (Å²) in [6.07, 6.45) is 3.26. The summed E-state index contributed by atoms with van der Waals surface area (Å²) in [5.41, 5.74) is 1.87. The Morgan fingerprint density at radius 3 is 2.27 bits per heavy atom. The molecule has 4 aromatic rings. The zero-order valence-electron chi connectivity index (χ0n) is 20.1. The molecule has 184 valence electrons. The van der Waals surface area contributed by atoms with Gasteiger partial charge in [0.1, 0.15) is 23.0 Å². The minimum atomic E-state index is -0.824. The third-order valence-corrected chi connectivity index (χ3v) is 6.16. The number of hydrogen-bond acceptors (Lipinski definition) is 6. The lowest BCUT2D eigenvalue weighted by atomic mass is 9.95. The van der Waals surface area contributed by atoms with Gasteiger partial charge < -0.3 is 19.5 Å². The minimum Gasteiger partial charge on any atom is -0.507 e. The molecule has 0 radical (unpaired) electrons. The first kappa shape index (κ1) is 23.8. The Morgan fingerprint density at radius 2 is 1.57 bits per heavy atom. The Labute approximate surface area is 214 Å². The third kappa shape index (κ3) is 4.92. The van der Waals surface area contributed by atoms with E-state index in [0.717, 1.165) is 5.56 Å². The number of ether oxygens (including phenoxy) is 2. The van der Waals surface area contributed by atoms with Crippen LogP contribution in [0.1, 0.15) is 22.7 Å². The Bertz CT molecular complexity index is 1450. The molecule has 1 saturated heterocycles. The van der Waals surface area contributed by atoms with Crippen LogP contribution in [0.15, 0.2) is 109 Å². The van der Waals surface area contributed by atoms with E-state index >= 15 is 0 Å². The standard InChI is InChI=1S/C30H24N2O5/c1-36-23-12-10-21(11-13-23)28(33)26-27(32(30(35)29(26)34)19-20-14-16-31-17-15-20)22-6-5-9-25(18-22)37-24-7-3-2-4-8-24/h2-18,27,33H,19H2,1H3/b28-26-. The summed E-state index contributed by atoms with van der Waals surface area (Å²) in [6.45, 7) is 0.168. The number of likely N-dealkylation sites (tertiary alicyclic amines) is 1. The maximum Gasteiger partial charge on any atom is 0.295 e. The molecule has 1 aromatic heterocycles. The van der Waals surface area contributed by atoms with Crippen LogP contribution >= 0.6 is 0 Å². The highest BCUT2D eigenvalue weighted by atomic mass is 16.5. The molecule has 1 aliphatic heterocycles. The first-order valence-electron chi connectivity index (χ1n) is 11.7. The topological polar surface area (TPSA) is 89.0 Å². The molecule has 5 rings (SSSR count). The quantitative estimate of drug-likeness (QED) is 0.208. The molecular weight excluding hydrogens is 468 g/mol. The fraction of sp³-hybridized carbons (Fsp3) is 0.100. The molecule has 1 unspecified atom stereocenters. The first-order chi connectivity index (χ1) is 18.0. The third-order valence-electron chi connectivity index (χ3n) is 6.16. The van der Waals surface area contributed by atoms with Crippen molar-refractivity contribution in [2.24, 2.45) is 0 Å². The second kappa shape index (κ2) is 10.4. The molecular formula is C30H24N2O5. The number of carbonyl (C=O) groups is 2. The second-order valence-electron chi connectivity index (χ2n) is 8.50. The van der Waals surface area contributed by atoms with E-state index in [9.17, 15) is 14.7 Å². The van der Waals surface area contributed by atoms with Crippen molar-refractivity contribution in [3.05, 3.63) is 126 Å². The largest absolute Gasteiger partial charge is 0.507 e. The van der Waals surface area contributed by atoms with Crippen LogP contribution < -0.4 is 9.47 Å². The first-order valence-corrected chi connectivity index (χ1v) is 11.7. The molecule has 1 fully saturated rings. The lowest BCUT2D eigenvalue weighted by Crippen LogP contribution is -2.29. The van der Waals surface area contributed by atoms with Gasteiger partial charge in [-0.2, -0.15) is 0 Å². The molecule has 1 aliphatic rings. The fourth-order valence-electron chi connectivity index (χ4n) is 4.35. The smallest absolute Gasteiger partial charge is 0.295 e. The number of carbonyl (C=O) groups excluding carboxylic acids is 2. The van der Waals surface area contributed by atoms with Crippen molar-refractivity contribution in [3.8, 4) is 17.2 Å². The number of benzene rings is 3. The van der Waals surface area contributed by atoms with Crippen LogP contribution in [0.5, 0.6) is 17.2 Å². The van der Waals surface area contributed by atoms with Gasteiger partial charge in [-0.3, -0.25) is 14.6 Å². The number of pyridine rings is 1. The van der Waals surface area contributed by atoms with Gasteiger partial charge in [-0.05, 0) is 71.8 Å². The van der Waals surface area contributed by atoms with Crippen LogP contribution in [-0.2, 0) is 16.1 Å². The van der Waals surface area contributed by atoms with Crippen LogP contribution in [0.2, 0.25) is 0 Å². The number of aromatic nitrogens is 1. The molecule has 0 aliphatic carbocycles. The predicted octanol–water partition coefficient (Wildman–Crippen LogP) is 5.50. The Kier molecular flexibility index (Phi) is 6.68. The molecule has 0 bridgehead atoms. The molecule has 2 heterocycles. The molecule has 1 amide bonds. The average Bonchev–Trinajstić information content (AvgIpc) is 3.19. The number of hydrogen-bond donors (Lipinski definition) is 1. The van der Waals surface area contributed by atoms with E-state index in [-0.39, 0.29) is 17.9 Å². The predicted molar refractivity (Wildman–Crippen MR) is 138 cm³/mol. The Hall–Kier alpha value is -4.91. The zero-order chi connectivity index (χ0) is 25.8. The number of aliphatic hydroxyl groups is 1. The van der Waals surface area contributed by atoms with Crippen molar-refractivity contribution < 1.29 is 24.2 Å². The van der Waals surface area contributed by atoms with Crippen LogP contribution in [0.3, 0.4) is 0 Å². The van der Waals surface area contributed by atoms with E-state index in [2.05, 4.69) is 4.98 Å². The van der Waals surface area contributed by atoms with Crippen molar-refractivity contribution in [2.45, 2.75) is 12.6 Å². The summed E-state index contributed by atoms with van der Waals surface area (Å²) in [6, 6.07) is 25.9. The van der Waals surface area contributed by atoms with E-state index in [0.29, 0.717) is 28.4 Å². The zero-order valence-corrected chi connectivity index (χ0v) is 20.1. The Morgan fingerprint density at radius 1 is 0.865 bits per heavy atom. The highest BCUT2D eigenvalue weighted by molar-refractivity contribution is 6.46. The average molecular weight is 493 g/mol. The lowest BCUT2D eigenvalue weighted by molar-refractivity contribution is -0.140. The molecule has 7 nitrogen and oxygen atoms in total. The van der Waals surface area contributed by atoms with Crippen LogP contribution in [0.25, 0.3) is 5.76 Å². The number of nitrogens with zero attached hydrogens (tertiary/aromatic N) is 2. The van der Waals surface area contributed by atoms with E-state index in [1.54, 1.807) is 74.1 Å². The van der Waals surface area contributed by atoms with Crippen molar-refractivity contribution >= 4 is 17.4 Å². The Balaban J connectivity index is 1.60. The molecule has 1 N–H and O–H groups in total. The molecule has 7 heteroatoms. The summed E-state index contributed by atoms with van der Waals surface area (Å²) in [4.78, 5) is 32.1. The minimum absolute atomic E-state index is 0.0149. The molecule has 37 heavy (non-hydrogen) atoms. The summed E-state index contributed by atoms with van der Waals surface area (Å²) < 4.78 is 11.2. The van der Waals surface area contributed by atoms with Crippen LogP contribution in [-0.4, -0.2) is 33.8 Å². The van der Waals surface area contributed by atoms with Gasteiger partial charge >= 0.3 is 0 Å². The lowest BCUT2D eigenvalue weighted by Gasteiger charge is -2.25. The van der Waals surface area contributed by atoms with E-state index < -0.39 is 17.7 Å². The maximum absolute atomic E-state index is 13.3. The van der Waals surface area contributed by atoms with Gasteiger partial charge in [0.05, 0.1) is 18.7 Å². The number of amides is 1. The summed E-state index contributed by atoms with van der Waals surface area (Å²) in [7, 11) is 1.55. The van der Waals surface area contributed by atoms with Gasteiger partial charge in [0, 0.05) is 24.5 Å². The molecule has 0 spiro atoms. The van der Waals surface area contributed by atoms with Crippen LogP contribution in [0, 0.1) is 0 Å². The van der Waals surface area contributed by atoms with Gasteiger partial charge in [0.25, 0.3) is 11.7 Å². The number of para-hydroxylation sites is 1. The second-order valence-corrected chi connectivity index (χ2v) is 8.50. The normalized spacial score (nSPS) is 16.6. The van der Waals surface area contributed by atoms with Gasteiger partial charge in [0.2, 0.25) is 0 Å². The van der Waals surface area contributed by atoms with Gasteiger partial charge in [0.15, 0.2) is 0 Å². The molecule has 3 aromatic carbocycles. The number of Topliss-reactive ketones (excluding diaryl/α,β-unsaturated/α-hetero) is 1. The summed E-state index contributed by atoms with van der Waals surface area (Å²) in [5.74, 6) is 0.119. The molecule has 1 atom stereocenters. The highest BCUT2D eigenvalue weighted by Crippen LogP contribution is 2.41.